The number of benzene rings is 2. The molecule has 2 aliphatic carbocycles. The van der Waals surface area contributed by atoms with Gasteiger partial charge < -0.3 is 4.74 Å². The second-order valence-corrected chi connectivity index (χ2v) is 11.0. The Bertz CT molecular complexity index is 857. The van der Waals surface area contributed by atoms with Crippen molar-refractivity contribution < 1.29 is 13.5 Å². The second kappa shape index (κ2) is 12.2. The van der Waals surface area contributed by atoms with Crippen molar-refractivity contribution in [2.45, 2.75) is 96.3 Å². The Morgan fingerprint density at radius 3 is 1.88 bits per heavy atom. The van der Waals surface area contributed by atoms with E-state index in [2.05, 4.69) is 37.3 Å². The molecule has 3 heteroatoms. The van der Waals surface area contributed by atoms with Crippen LogP contribution in [-0.2, 0) is 0 Å². The summed E-state index contributed by atoms with van der Waals surface area (Å²) in [4.78, 5) is 0. The molecule has 2 fully saturated rings. The molecule has 0 aromatic heterocycles. The standard InChI is InChI=1S/C31H42F2O/c1-3-34-31-29(32)20-28(21-30(31)33)27-17-15-24(16-18-27)10-9-23-11-13-25(14-12-23)19-22(2)26-7-5-4-6-8-26/h4-8,20-25,27H,3,9-19H2,1-2H3/t22-,23?,24?,25?,27?/m0/s1. The van der Waals surface area contributed by atoms with E-state index in [1.807, 2.05) is 0 Å². The highest BCUT2D eigenvalue weighted by Gasteiger charge is 2.27. The molecular weight excluding hydrogens is 426 g/mol. The summed E-state index contributed by atoms with van der Waals surface area (Å²) in [5.74, 6) is 2.15. The van der Waals surface area contributed by atoms with Crippen LogP contribution in [0.25, 0.3) is 0 Å². The number of ether oxygens (including phenoxy) is 1. The van der Waals surface area contributed by atoms with Crippen LogP contribution in [0.2, 0.25) is 0 Å². The molecule has 0 amide bonds. The lowest BCUT2D eigenvalue weighted by Gasteiger charge is -2.33. The zero-order valence-corrected chi connectivity index (χ0v) is 21.1. The van der Waals surface area contributed by atoms with Crippen LogP contribution in [0, 0.1) is 29.4 Å². The molecule has 4 rings (SSSR count). The fourth-order valence-electron chi connectivity index (χ4n) is 6.53. The van der Waals surface area contributed by atoms with E-state index in [0.717, 1.165) is 36.2 Å². The van der Waals surface area contributed by atoms with Crippen molar-refractivity contribution in [3.8, 4) is 5.75 Å². The Labute approximate surface area is 205 Å². The van der Waals surface area contributed by atoms with Crippen molar-refractivity contribution in [1.82, 2.24) is 0 Å². The zero-order chi connectivity index (χ0) is 23.9. The summed E-state index contributed by atoms with van der Waals surface area (Å²) in [6.45, 7) is 4.40. The molecule has 0 aliphatic heterocycles. The molecule has 0 spiro atoms. The molecular formula is C31H42F2O. The quantitative estimate of drug-likeness (QED) is 0.356. The fourth-order valence-corrected chi connectivity index (χ4v) is 6.53. The van der Waals surface area contributed by atoms with Crippen LogP contribution in [0.4, 0.5) is 8.78 Å². The average Bonchev–Trinajstić information content (AvgIpc) is 2.86. The van der Waals surface area contributed by atoms with Crippen LogP contribution >= 0.6 is 0 Å². The van der Waals surface area contributed by atoms with Crippen molar-refractivity contribution in [1.29, 1.82) is 0 Å². The first kappa shape index (κ1) is 25.2. The molecule has 0 unspecified atom stereocenters. The molecule has 2 aromatic carbocycles. The van der Waals surface area contributed by atoms with Crippen LogP contribution in [0.15, 0.2) is 42.5 Å². The van der Waals surface area contributed by atoms with E-state index < -0.39 is 11.6 Å². The lowest BCUT2D eigenvalue weighted by molar-refractivity contribution is 0.220. The van der Waals surface area contributed by atoms with Gasteiger partial charge in [0.25, 0.3) is 0 Å². The lowest BCUT2D eigenvalue weighted by Crippen LogP contribution is -2.18. The SMILES string of the molecule is CCOc1c(F)cc(C2CCC(CCC3CCC(C[C@H](C)c4ccccc4)CC3)CC2)cc1F. The molecule has 1 nitrogen and oxygen atoms in total. The van der Waals surface area contributed by atoms with E-state index in [0.29, 0.717) is 5.92 Å². The Kier molecular flexibility index (Phi) is 9.03. The third-order valence-electron chi connectivity index (χ3n) is 8.63. The van der Waals surface area contributed by atoms with Crippen molar-refractivity contribution >= 4 is 0 Å². The first-order valence-corrected chi connectivity index (χ1v) is 13.7. The Hall–Kier alpha value is -1.90. The molecule has 2 saturated carbocycles. The molecule has 2 aromatic rings. The van der Waals surface area contributed by atoms with Gasteiger partial charge in [0.2, 0.25) is 0 Å². The van der Waals surface area contributed by atoms with Crippen molar-refractivity contribution in [3.05, 3.63) is 65.2 Å². The van der Waals surface area contributed by atoms with Gasteiger partial charge in [0.05, 0.1) is 6.61 Å². The fraction of sp³-hybridized carbons (Fsp3) is 0.613. The van der Waals surface area contributed by atoms with Gasteiger partial charge in [-0.05, 0) is 91.9 Å². The molecule has 0 radical (unpaired) electrons. The summed E-state index contributed by atoms with van der Waals surface area (Å²) in [7, 11) is 0. The van der Waals surface area contributed by atoms with Gasteiger partial charge in [-0.3, -0.25) is 0 Å². The van der Waals surface area contributed by atoms with Crippen LogP contribution in [0.3, 0.4) is 0 Å². The molecule has 186 valence electrons. The largest absolute Gasteiger partial charge is 0.488 e. The number of hydrogen-bond acceptors (Lipinski definition) is 1. The molecule has 34 heavy (non-hydrogen) atoms. The van der Waals surface area contributed by atoms with Gasteiger partial charge in [-0.15, -0.1) is 0 Å². The number of rotatable bonds is 9. The van der Waals surface area contributed by atoms with Gasteiger partial charge in [0.15, 0.2) is 17.4 Å². The third kappa shape index (κ3) is 6.61. The van der Waals surface area contributed by atoms with E-state index in [9.17, 15) is 8.78 Å². The van der Waals surface area contributed by atoms with Crippen LogP contribution in [-0.4, -0.2) is 6.61 Å². The van der Waals surface area contributed by atoms with Crippen molar-refractivity contribution in [3.63, 3.8) is 0 Å². The Morgan fingerprint density at radius 2 is 1.32 bits per heavy atom. The van der Waals surface area contributed by atoms with E-state index in [1.54, 1.807) is 6.92 Å². The molecule has 0 saturated heterocycles. The van der Waals surface area contributed by atoms with Crippen LogP contribution < -0.4 is 4.74 Å². The van der Waals surface area contributed by atoms with Gasteiger partial charge in [0, 0.05) is 0 Å². The van der Waals surface area contributed by atoms with Gasteiger partial charge in [-0.1, -0.05) is 75.8 Å². The minimum absolute atomic E-state index is 0.232. The summed E-state index contributed by atoms with van der Waals surface area (Å²) in [6, 6.07) is 14.0. The van der Waals surface area contributed by atoms with Gasteiger partial charge in [-0.25, -0.2) is 8.78 Å². The Morgan fingerprint density at radius 1 is 0.794 bits per heavy atom. The number of hydrogen-bond donors (Lipinski definition) is 0. The molecule has 0 N–H and O–H groups in total. The summed E-state index contributed by atoms with van der Waals surface area (Å²) in [5, 5.41) is 0. The Balaban J connectivity index is 1.16. The first-order chi connectivity index (χ1) is 16.5. The first-order valence-electron chi connectivity index (χ1n) is 13.7. The third-order valence-corrected chi connectivity index (χ3v) is 8.63. The maximum Gasteiger partial charge on any atom is 0.190 e. The highest BCUT2D eigenvalue weighted by molar-refractivity contribution is 5.33. The highest BCUT2D eigenvalue weighted by Crippen LogP contribution is 2.42. The van der Waals surface area contributed by atoms with E-state index in [-0.39, 0.29) is 18.3 Å². The number of halogens is 2. The minimum Gasteiger partial charge on any atom is -0.488 e. The van der Waals surface area contributed by atoms with E-state index >= 15 is 0 Å². The predicted molar refractivity (Wildman–Crippen MR) is 136 cm³/mol. The minimum atomic E-state index is -0.562. The van der Waals surface area contributed by atoms with Gasteiger partial charge in [-0.2, -0.15) is 0 Å². The summed E-state index contributed by atoms with van der Waals surface area (Å²) in [5.41, 5.74) is 2.29. The predicted octanol–water partition coefficient (Wildman–Crippen LogP) is 9.42. The molecule has 2 aliphatic rings. The average molecular weight is 469 g/mol. The van der Waals surface area contributed by atoms with E-state index in [1.165, 1.54) is 75.5 Å². The smallest absolute Gasteiger partial charge is 0.190 e. The topological polar surface area (TPSA) is 9.23 Å². The van der Waals surface area contributed by atoms with Gasteiger partial charge >= 0.3 is 0 Å². The maximum atomic E-state index is 14.3. The molecule has 0 heterocycles. The van der Waals surface area contributed by atoms with Gasteiger partial charge in [0.1, 0.15) is 0 Å². The normalized spacial score (nSPS) is 26.2. The zero-order valence-electron chi connectivity index (χ0n) is 21.1. The monoisotopic (exact) mass is 468 g/mol. The summed E-state index contributed by atoms with van der Waals surface area (Å²) in [6.07, 6.45) is 14.1. The van der Waals surface area contributed by atoms with Crippen LogP contribution in [0.1, 0.15) is 107 Å². The maximum absolute atomic E-state index is 14.3. The van der Waals surface area contributed by atoms with Crippen molar-refractivity contribution in [2.24, 2.45) is 17.8 Å². The van der Waals surface area contributed by atoms with Crippen molar-refractivity contribution in [2.75, 3.05) is 6.61 Å². The van der Waals surface area contributed by atoms with Crippen LogP contribution in [0.5, 0.6) is 5.75 Å². The molecule has 1 atom stereocenters. The van der Waals surface area contributed by atoms with E-state index in [4.69, 9.17) is 4.74 Å². The highest BCUT2D eigenvalue weighted by atomic mass is 19.1. The molecule has 0 bridgehead atoms. The lowest BCUT2D eigenvalue weighted by atomic mass is 9.73. The summed E-state index contributed by atoms with van der Waals surface area (Å²) >= 11 is 0. The second-order valence-electron chi connectivity index (χ2n) is 11.0. The summed E-state index contributed by atoms with van der Waals surface area (Å²) < 4.78 is 33.7.